The normalized spacial score (nSPS) is 18.9. The van der Waals surface area contributed by atoms with Crippen LogP contribution in [0.5, 0.6) is 0 Å². The van der Waals surface area contributed by atoms with Gasteiger partial charge < -0.3 is 10.6 Å². The Morgan fingerprint density at radius 2 is 1.92 bits per heavy atom. The second-order valence-electron chi connectivity index (χ2n) is 9.61. The fraction of sp³-hybridized carbons (Fsp3) is 0.259. The van der Waals surface area contributed by atoms with E-state index in [1.54, 1.807) is 17.0 Å². The third-order valence-corrected chi connectivity index (χ3v) is 9.16. The van der Waals surface area contributed by atoms with Crippen molar-refractivity contribution in [3.05, 3.63) is 78.6 Å². The van der Waals surface area contributed by atoms with Crippen LogP contribution in [-0.4, -0.2) is 56.4 Å². The summed E-state index contributed by atoms with van der Waals surface area (Å²) in [5.74, 6) is 0.232. The average Bonchev–Trinajstić information content (AvgIpc) is 3.45. The first-order chi connectivity index (χ1) is 18.4. The lowest BCUT2D eigenvalue weighted by molar-refractivity contribution is -0.127. The van der Waals surface area contributed by atoms with E-state index in [-0.39, 0.29) is 18.5 Å². The van der Waals surface area contributed by atoms with Crippen LogP contribution >= 0.6 is 0 Å². The van der Waals surface area contributed by atoms with E-state index in [1.165, 1.54) is 16.7 Å². The molecule has 0 aliphatic carbocycles. The van der Waals surface area contributed by atoms with Crippen LogP contribution in [0.4, 0.5) is 5.82 Å². The van der Waals surface area contributed by atoms with Gasteiger partial charge in [-0.1, -0.05) is 49.0 Å². The van der Waals surface area contributed by atoms with Crippen molar-refractivity contribution in [1.29, 1.82) is 0 Å². The van der Waals surface area contributed by atoms with Gasteiger partial charge in [0.15, 0.2) is 5.65 Å². The molecule has 4 heterocycles. The highest BCUT2D eigenvalue weighted by Crippen LogP contribution is 2.35. The number of aromatic nitrogens is 4. The van der Waals surface area contributed by atoms with Crippen LogP contribution in [0.25, 0.3) is 22.3 Å². The van der Waals surface area contributed by atoms with Gasteiger partial charge in [-0.3, -0.25) is 4.79 Å². The van der Waals surface area contributed by atoms with Gasteiger partial charge in [0.2, 0.25) is 15.9 Å². The van der Waals surface area contributed by atoms with Crippen LogP contribution in [0, 0.1) is 0 Å². The monoisotopic (exact) mass is 529 g/mol. The van der Waals surface area contributed by atoms with Gasteiger partial charge in [-0.15, -0.1) is 0 Å². The first-order valence-electron chi connectivity index (χ1n) is 12.4. The number of likely N-dealkylation sites (tertiary alicyclic amines) is 1. The Bertz CT molecular complexity index is 1660. The van der Waals surface area contributed by atoms with E-state index in [1.807, 2.05) is 41.1 Å². The first-order valence-corrected chi connectivity index (χ1v) is 13.9. The summed E-state index contributed by atoms with van der Waals surface area (Å²) >= 11 is 0. The highest BCUT2D eigenvalue weighted by Gasteiger charge is 2.34. The SMILES string of the molecule is C=CC(=O)N1CCCC(n2nc(-c3ccc(CN4Cc5ccccc5S4(=O)=O)cc3)c3c(N)ncnc32)C1. The van der Waals surface area contributed by atoms with Crippen LogP contribution < -0.4 is 5.73 Å². The van der Waals surface area contributed by atoms with Gasteiger partial charge in [0, 0.05) is 31.7 Å². The highest BCUT2D eigenvalue weighted by atomic mass is 32.2. The van der Waals surface area contributed by atoms with Gasteiger partial charge in [-0.25, -0.2) is 23.1 Å². The Kier molecular flexibility index (Phi) is 5.96. The topological polar surface area (TPSA) is 127 Å². The van der Waals surface area contributed by atoms with Gasteiger partial charge in [-0.2, -0.15) is 9.40 Å². The van der Waals surface area contributed by atoms with E-state index in [4.69, 9.17) is 10.8 Å². The number of anilines is 1. The molecule has 2 aliphatic heterocycles. The smallest absolute Gasteiger partial charge is 0.246 e. The molecule has 0 bridgehead atoms. The van der Waals surface area contributed by atoms with Crippen molar-refractivity contribution in [3.8, 4) is 11.3 Å². The molecular formula is C27H27N7O3S. The molecule has 11 heteroatoms. The fourth-order valence-electron chi connectivity index (χ4n) is 5.35. The van der Waals surface area contributed by atoms with E-state index in [9.17, 15) is 13.2 Å². The van der Waals surface area contributed by atoms with Gasteiger partial charge in [-0.05, 0) is 36.1 Å². The Labute approximate surface area is 220 Å². The minimum Gasteiger partial charge on any atom is -0.383 e. The molecule has 0 radical (unpaired) electrons. The van der Waals surface area contributed by atoms with Gasteiger partial charge in [0.1, 0.15) is 17.8 Å². The summed E-state index contributed by atoms with van der Waals surface area (Å²) in [6, 6.07) is 14.7. The Morgan fingerprint density at radius 3 is 2.68 bits per heavy atom. The molecule has 1 atom stereocenters. The number of sulfonamides is 1. The zero-order valence-electron chi connectivity index (χ0n) is 20.7. The van der Waals surface area contributed by atoms with Gasteiger partial charge in [0.05, 0.1) is 16.3 Å². The molecule has 2 aliphatic rings. The van der Waals surface area contributed by atoms with Crippen molar-refractivity contribution in [2.24, 2.45) is 0 Å². The maximum Gasteiger partial charge on any atom is 0.246 e. The summed E-state index contributed by atoms with van der Waals surface area (Å²) < 4.78 is 29.3. The molecule has 6 rings (SSSR count). The van der Waals surface area contributed by atoms with Crippen molar-refractivity contribution in [3.63, 3.8) is 0 Å². The zero-order chi connectivity index (χ0) is 26.4. The molecule has 194 valence electrons. The molecule has 1 saturated heterocycles. The second-order valence-corrected chi connectivity index (χ2v) is 11.5. The van der Waals surface area contributed by atoms with E-state index in [2.05, 4.69) is 16.5 Å². The van der Waals surface area contributed by atoms with E-state index < -0.39 is 10.0 Å². The number of hydrogen-bond acceptors (Lipinski definition) is 7. The lowest BCUT2D eigenvalue weighted by atomic mass is 10.1. The van der Waals surface area contributed by atoms with Crippen LogP contribution in [0.2, 0.25) is 0 Å². The van der Waals surface area contributed by atoms with Crippen LogP contribution in [0.15, 0.2) is 72.4 Å². The number of carbonyl (C=O) groups is 1. The second kappa shape index (κ2) is 9.34. The fourth-order valence-corrected chi connectivity index (χ4v) is 6.97. The number of nitrogens with two attached hydrogens (primary N) is 1. The lowest BCUT2D eigenvalue weighted by Gasteiger charge is -2.32. The molecule has 10 nitrogen and oxygen atoms in total. The number of benzene rings is 2. The predicted octanol–water partition coefficient (Wildman–Crippen LogP) is 3.13. The van der Waals surface area contributed by atoms with E-state index >= 15 is 0 Å². The number of piperidine rings is 1. The summed E-state index contributed by atoms with van der Waals surface area (Å²) in [6.07, 6.45) is 4.46. The average molecular weight is 530 g/mol. The van der Waals surface area contributed by atoms with Crippen molar-refractivity contribution in [2.45, 2.75) is 36.9 Å². The summed E-state index contributed by atoms with van der Waals surface area (Å²) in [5, 5.41) is 5.57. The number of rotatable bonds is 5. The molecule has 2 N–H and O–H groups in total. The van der Waals surface area contributed by atoms with E-state index in [0.29, 0.717) is 47.1 Å². The number of carbonyl (C=O) groups excluding carboxylic acids is 1. The molecule has 1 unspecified atom stereocenters. The molecule has 2 aromatic heterocycles. The number of fused-ring (bicyclic) bond motifs is 2. The van der Waals surface area contributed by atoms with Crippen molar-refractivity contribution >= 4 is 32.8 Å². The quantitative estimate of drug-likeness (QED) is 0.394. The first kappa shape index (κ1) is 24.3. The molecule has 1 fully saturated rings. The Balaban J connectivity index is 1.31. The summed E-state index contributed by atoms with van der Waals surface area (Å²) in [5.41, 5.74) is 10.1. The Morgan fingerprint density at radius 1 is 1.13 bits per heavy atom. The lowest BCUT2D eigenvalue weighted by Crippen LogP contribution is -2.40. The van der Waals surface area contributed by atoms with Crippen LogP contribution in [-0.2, 0) is 27.9 Å². The van der Waals surface area contributed by atoms with Crippen LogP contribution in [0.3, 0.4) is 0 Å². The van der Waals surface area contributed by atoms with Crippen molar-refractivity contribution in [1.82, 2.24) is 29.0 Å². The maximum absolute atomic E-state index is 13.0. The van der Waals surface area contributed by atoms with Gasteiger partial charge >= 0.3 is 0 Å². The van der Waals surface area contributed by atoms with Crippen molar-refractivity contribution < 1.29 is 13.2 Å². The molecule has 2 aromatic carbocycles. The third kappa shape index (κ3) is 4.04. The number of hydrogen-bond donors (Lipinski definition) is 1. The highest BCUT2D eigenvalue weighted by molar-refractivity contribution is 7.89. The zero-order valence-corrected chi connectivity index (χ0v) is 21.5. The molecular weight excluding hydrogens is 502 g/mol. The standard InChI is InChI=1S/C27H27N7O3S/c1-2-23(35)32-13-5-7-21(16-32)34-27-24(26(28)29-17-30-27)25(31-34)19-11-9-18(10-12-19)14-33-15-20-6-3-4-8-22(20)38(33,36)37/h2-4,6,8-12,17,21H,1,5,7,13-16H2,(H2,28,29,30). The summed E-state index contributed by atoms with van der Waals surface area (Å²) in [4.78, 5) is 23.1. The third-order valence-electron chi connectivity index (χ3n) is 7.27. The van der Waals surface area contributed by atoms with E-state index in [0.717, 1.165) is 29.5 Å². The number of nitrogens with zero attached hydrogens (tertiary/aromatic N) is 6. The molecule has 0 spiro atoms. The van der Waals surface area contributed by atoms with Crippen molar-refractivity contribution in [2.75, 3.05) is 18.8 Å². The summed E-state index contributed by atoms with van der Waals surface area (Å²) in [6.45, 7) is 5.43. The predicted molar refractivity (Wildman–Crippen MR) is 143 cm³/mol. The molecule has 1 amide bonds. The minimum absolute atomic E-state index is 0.0560. The van der Waals surface area contributed by atoms with Crippen LogP contribution in [0.1, 0.15) is 30.0 Å². The molecule has 4 aromatic rings. The number of nitrogen functional groups attached to an aromatic ring is 1. The number of amides is 1. The largest absolute Gasteiger partial charge is 0.383 e. The molecule has 0 saturated carbocycles. The maximum atomic E-state index is 13.0. The Hall–Kier alpha value is -4.09. The summed E-state index contributed by atoms with van der Waals surface area (Å²) in [7, 11) is -3.51. The molecule has 38 heavy (non-hydrogen) atoms. The minimum atomic E-state index is -3.51. The van der Waals surface area contributed by atoms with Gasteiger partial charge in [0.25, 0.3) is 0 Å².